The average molecular weight is 481 g/mol. The van der Waals surface area contributed by atoms with Crippen LogP contribution in [0.15, 0.2) is 113 Å². The number of nitriles is 1. The molecule has 1 aliphatic rings. The number of nitrogens with zero attached hydrogens (tertiary/aromatic N) is 1. The van der Waals surface area contributed by atoms with E-state index in [1.807, 2.05) is 97.9 Å². The van der Waals surface area contributed by atoms with E-state index < -0.39 is 5.92 Å². The van der Waals surface area contributed by atoms with Gasteiger partial charge in [-0.3, -0.25) is 9.59 Å². The molecule has 0 spiro atoms. The van der Waals surface area contributed by atoms with Crippen molar-refractivity contribution in [3.63, 3.8) is 0 Å². The minimum Gasteiger partial charge on any atom is -0.353 e. The van der Waals surface area contributed by atoms with Crippen LogP contribution in [0.3, 0.4) is 0 Å². The molecule has 1 aliphatic heterocycles. The number of carbonyl (C=O) groups is 2. The summed E-state index contributed by atoms with van der Waals surface area (Å²) in [5, 5.41) is 19.7. The first-order valence-electron chi connectivity index (χ1n) is 11.1. The second-order valence-corrected chi connectivity index (χ2v) is 8.87. The first kappa shape index (κ1) is 23.9. The molecular weight excluding hydrogens is 456 g/mol. The van der Waals surface area contributed by atoms with Crippen molar-refractivity contribution >= 4 is 35.0 Å². The standard InChI is InChI=1S/C28H24N4O2S/c1-19-25(27(34)32-22-15-9-4-10-16-22)26(20-11-5-2-6-12-20)23(17-29)28(30-19)35-18-24(33)31-21-13-7-3-8-14-21/h2-16,26,30H,18H2,1H3,(H,31,33)(H,32,34)/t26-/m1/s1. The summed E-state index contributed by atoms with van der Waals surface area (Å²) in [6, 6.07) is 30.2. The highest BCUT2D eigenvalue weighted by Crippen LogP contribution is 2.40. The molecule has 3 aromatic rings. The SMILES string of the molecule is CC1=C(C(=O)Nc2ccccc2)[C@H](c2ccccc2)C(C#N)=C(SCC(=O)Nc2ccccc2)N1. The number of allylic oxidation sites excluding steroid dienone is 2. The van der Waals surface area contributed by atoms with Crippen LogP contribution < -0.4 is 16.0 Å². The van der Waals surface area contributed by atoms with Gasteiger partial charge >= 0.3 is 0 Å². The number of carbonyl (C=O) groups excluding carboxylic acids is 2. The van der Waals surface area contributed by atoms with Gasteiger partial charge in [0.2, 0.25) is 5.91 Å². The van der Waals surface area contributed by atoms with Crippen LogP contribution in [0.4, 0.5) is 11.4 Å². The Kier molecular flexibility index (Phi) is 7.66. The van der Waals surface area contributed by atoms with E-state index in [2.05, 4.69) is 22.0 Å². The second-order valence-electron chi connectivity index (χ2n) is 7.89. The Balaban J connectivity index is 1.61. The third-order valence-electron chi connectivity index (χ3n) is 5.46. The maximum Gasteiger partial charge on any atom is 0.254 e. The normalized spacial score (nSPS) is 15.1. The predicted octanol–water partition coefficient (Wildman–Crippen LogP) is 5.39. The molecule has 2 amide bonds. The fourth-order valence-corrected chi connectivity index (χ4v) is 4.77. The molecule has 0 aliphatic carbocycles. The van der Waals surface area contributed by atoms with Gasteiger partial charge in [0, 0.05) is 22.6 Å². The van der Waals surface area contributed by atoms with E-state index in [4.69, 9.17) is 0 Å². The lowest BCUT2D eigenvalue weighted by atomic mass is 9.82. The van der Waals surface area contributed by atoms with E-state index >= 15 is 0 Å². The van der Waals surface area contributed by atoms with Crippen LogP contribution in [0.25, 0.3) is 0 Å². The summed E-state index contributed by atoms with van der Waals surface area (Å²) in [6.45, 7) is 1.81. The maximum absolute atomic E-state index is 13.4. The van der Waals surface area contributed by atoms with E-state index in [1.165, 1.54) is 11.8 Å². The molecule has 174 valence electrons. The second kappa shape index (κ2) is 11.2. The molecule has 3 N–H and O–H groups in total. The number of anilines is 2. The Morgan fingerprint density at radius 1 is 0.886 bits per heavy atom. The van der Waals surface area contributed by atoms with E-state index in [0.717, 1.165) is 5.56 Å². The van der Waals surface area contributed by atoms with Crippen LogP contribution in [0.2, 0.25) is 0 Å². The maximum atomic E-state index is 13.4. The number of thioether (sulfide) groups is 1. The minimum atomic E-state index is -0.564. The summed E-state index contributed by atoms with van der Waals surface area (Å²) in [7, 11) is 0. The van der Waals surface area contributed by atoms with E-state index in [1.54, 1.807) is 0 Å². The molecule has 1 atom stereocenters. The lowest BCUT2D eigenvalue weighted by Crippen LogP contribution is -2.31. The van der Waals surface area contributed by atoms with Crippen molar-refractivity contribution in [1.29, 1.82) is 5.26 Å². The van der Waals surface area contributed by atoms with Crippen molar-refractivity contribution in [2.75, 3.05) is 16.4 Å². The topological polar surface area (TPSA) is 94.0 Å². The van der Waals surface area contributed by atoms with Crippen molar-refractivity contribution in [1.82, 2.24) is 5.32 Å². The van der Waals surface area contributed by atoms with E-state index in [-0.39, 0.29) is 17.6 Å². The first-order valence-corrected chi connectivity index (χ1v) is 12.1. The molecule has 0 unspecified atom stereocenters. The Bertz CT molecular complexity index is 1310. The number of amides is 2. The molecule has 3 aromatic carbocycles. The van der Waals surface area contributed by atoms with Gasteiger partial charge in [-0.15, -0.1) is 0 Å². The lowest BCUT2D eigenvalue weighted by Gasteiger charge is -2.29. The van der Waals surface area contributed by atoms with Gasteiger partial charge < -0.3 is 16.0 Å². The molecule has 6 nitrogen and oxygen atoms in total. The summed E-state index contributed by atoms with van der Waals surface area (Å²) in [5.74, 6) is -0.916. The monoisotopic (exact) mass is 480 g/mol. The Morgan fingerprint density at radius 3 is 2.00 bits per heavy atom. The predicted molar refractivity (Wildman–Crippen MR) is 140 cm³/mol. The zero-order chi connectivity index (χ0) is 24.6. The number of benzene rings is 3. The zero-order valence-electron chi connectivity index (χ0n) is 19.1. The molecular formula is C28H24N4O2S. The fraction of sp³-hybridized carbons (Fsp3) is 0.107. The van der Waals surface area contributed by atoms with Crippen molar-refractivity contribution in [3.8, 4) is 6.07 Å². The van der Waals surface area contributed by atoms with Crippen molar-refractivity contribution in [2.45, 2.75) is 12.8 Å². The van der Waals surface area contributed by atoms with Crippen LogP contribution in [0, 0.1) is 11.3 Å². The summed E-state index contributed by atoms with van der Waals surface area (Å²) < 4.78 is 0. The van der Waals surface area contributed by atoms with Crippen LogP contribution in [0.1, 0.15) is 18.4 Å². The molecule has 0 aromatic heterocycles. The van der Waals surface area contributed by atoms with Gasteiger partial charge in [0.05, 0.1) is 28.3 Å². The number of rotatable bonds is 7. The van der Waals surface area contributed by atoms with Crippen molar-refractivity contribution in [3.05, 3.63) is 118 Å². The first-order chi connectivity index (χ1) is 17.1. The summed E-state index contributed by atoms with van der Waals surface area (Å²) in [5.41, 5.74) is 3.71. The van der Waals surface area contributed by atoms with Crippen LogP contribution in [-0.2, 0) is 9.59 Å². The van der Waals surface area contributed by atoms with E-state index in [0.29, 0.717) is 33.2 Å². The quantitative estimate of drug-likeness (QED) is 0.421. The number of hydrogen-bond acceptors (Lipinski definition) is 5. The molecule has 0 fully saturated rings. The highest BCUT2D eigenvalue weighted by atomic mass is 32.2. The third kappa shape index (κ3) is 5.81. The summed E-state index contributed by atoms with van der Waals surface area (Å²) >= 11 is 1.25. The third-order valence-corrected chi connectivity index (χ3v) is 6.48. The Morgan fingerprint density at radius 2 is 1.43 bits per heavy atom. The van der Waals surface area contributed by atoms with Gasteiger partial charge in [0.1, 0.15) is 0 Å². The largest absolute Gasteiger partial charge is 0.353 e. The molecule has 4 rings (SSSR count). The average Bonchev–Trinajstić information content (AvgIpc) is 2.88. The van der Waals surface area contributed by atoms with Crippen LogP contribution in [0.5, 0.6) is 0 Å². The van der Waals surface area contributed by atoms with Gasteiger partial charge in [0.15, 0.2) is 0 Å². The minimum absolute atomic E-state index is 0.114. The Hall–Kier alpha value is -4.28. The molecule has 0 bridgehead atoms. The highest BCUT2D eigenvalue weighted by molar-refractivity contribution is 8.03. The number of dihydropyridines is 1. The smallest absolute Gasteiger partial charge is 0.254 e. The van der Waals surface area contributed by atoms with E-state index in [9.17, 15) is 14.9 Å². The molecule has 0 saturated heterocycles. The molecule has 0 saturated carbocycles. The van der Waals surface area contributed by atoms with Crippen molar-refractivity contribution in [2.24, 2.45) is 0 Å². The molecule has 7 heteroatoms. The lowest BCUT2D eigenvalue weighted by molar-refractivity contribution is -0.114. The van der Waals surface area contributed by atoms with Crippen molar-refractivity contribution < 1.29 is 9.59 Å². The van der Waals surface area contributed by atoms with Gasteiger partial charge in [-0.25, -0.2) is 0 Å². The van der Waals surface area contributed by atoms with Gasteiger partial charge in [-0.2, -0.15) is 5.26 Å². The molecule has 35 heavy (non-hydrogen) atoms. The Labute approximate surface area is 208 Å². The summed E-state index contributed by atoms with van der Waals surface area (Å²) in [4.78, 5) is 25.9. The van der Waals surface area contributed by atoms with Gasteiger partial charge in [0.25, 0.3) is 5.91 Å². The number of nitrogens with one attached hydrogen (secondary N) is 3. The number of hydrogen-bond donors (Lipinski definition) is 3. The summed E-state index contributed by atoms with van der Waals surface area (Å²) in [6.07, 6.45) is 0. The van der Waals surface area contributed by atoms with Gasteiger partial charge in [-0.1, -0.05) is 78.5 Å². The molecule has 1 heterocycles. The fourth-order valence-electron chi connectivity index (χ4n) is 3.88. The van der Waals surface area contributed by atoms with Gasteiger partial charge in [-0.05, 0) is 36.8 Å². The van der Waals surface area contributed by atoms with Crippen LogP contribution in [-0.4, -0.2) is 17.6 Å². The van der Waals surface area contributed by atoms with Crippen LogP contribution >= 0.6 is 11.8 Å². The number of para-hydroxylation sites is 2. The highest BCUT2D eigenvalue weighted by Gasteiger charge is 2.34. The molecule has 0 radical (unpaired) electrons. The zero-order valence-corrected chi connectivity index (χ0v) is 19.9.